The van der Waals surface area contributed by atoms with E-state index in [1.807, 2.05) is 101 Å². The van der Waals surface area contributed by atoms with Crippen LogP contribution in [0.25, 0.3) is 10.8 Å². The number of phenols is 1. The predicted molar refractivity (Wildman–Crippen MR) is 451 cm³/mol. The Morgan fingerprint density at radius 3 is 1.98 bits per heavy atom. The molecule has 117 heavy (non-hydrogen) atoms. The fraction of sp³-hybridized carbons (Fsp3) is 0.477. The lowest BCUT2D eigenvalue weighted by molar-refractivity contribution is -0.438. The molecule has 5 aromatic carbocycles. The van der Waals surface area contributed by atoms with Gasteiger partial charge in [-0.2, -0.15) is 13.0 Å². The van der Waals surface area contributed by atoms with Crippen LogP contribution >= 0.6 is 0 Å². The van der Waals surface area contributed by atoms with Crippen molar-refractivity contribution in [1.82, 2.24) is 36.8 Å². The van der Waals surface area contributed by atoms with E-state index >= 15 is 0 Å². The summed E-state index contributed by atoms with van der Waals surface area (Å²) in [6.07, 6.45) is 20.3. The minimum absolute atomic E-state index is 0.00125. The number of phenolic OH excluding ortho intramolecular Hbond substituents is 1. The van der Waals surface area contributed by atoms with Crippen molar-refractivity contribution in [3.63, 3.8) is 0 Å². The van der Waals surface area contributed by atoms with Gasteiger partial charge in [0.15, 0.2) is 17.6 Å². The molecule has 6 amide bonds. The number of allylic oxidation sites excluding steroid dienone is 6. The molecule has 1 fully saturated rings. The smallest absolute Gasteiger partial charge is 0.294 e. The second kappa shape index (κ2) is 43.5. The van der Waals surface area contributed by atoms with Gasteiger partial charge in [0.25, 0.3) is 10.1 Å². The Kier molecular flexibility index (Phi) is 34.2. The molecule has 0 radical (unpaired) electrons. The number of carbonyl (C=O) groups is 8. The number of aliphatic imine (C=N–C) groups is 2. The van der Waals surface area contributed by atoms with Crippen LogP contribution in [0.3, 0.4) is 0 Å². The van der Waals surface area contributed by atoms with Crippen LogP contribution in [0.15, 0.2) is 159 Å². The highest BCUT2D eigenvalue weighted by Gasteiger charge is 2.45. The topological polar surface area (TPSA) is 453 Å². The molecule has 14 N–H and O–H groups in total. The number of ketones is 2. The summed E-state index contributed by atoms with van der Waals surface area (Å²) in [5.41, 5.74) is 22.1. The lowest BCUT2D eigenvalue weighted by atomic mass is 9.81. The predicted octanol–water partition coefficient (Wildman–Crippen LogP) is 8.02. The number of unbranched alkanes of at least 4 members (excludes halogenated alkanes) is 10. The zero-order valence-electron chi connectivity index (χ0n) is 68.0. The second-order valence-electron chi connectivity index (χ2n) is 31.3. The summed E-state index contributed by atoms with van der Waals surface area (Å²) in [5, 5.41) is 29.1. The number of hydrogen-bond acceptors (Lipinski definition) is 17. The number of fused-ring (bicyclic) bond motifs is 3. The summed E-state index contributed by atoms with van der Waals surface area (Å²) in [6.45, 7) is 13.3. The molecule has 3 aliphatic heterocycles. The second-order valence-corrected chi connectivity index (χ2v) is 34.1. The lowest BCUT2D eigenvalue weighted by Gasteiger charge is -2.33. The van der Waals surface area contributed by atoms with E-state index in [1.54, 1.807) is 38.1 Å². The number of hydrogen-bond donors (Lipinski definition) is 11. The minimum atomic E-state index is -4.76. The van der Waals surface area contributed by atoms with Gasteiger partial charge >= 0.3 is 0 Å². The first-order valence-corrected chi connectivity index (χ1v) is 43.3. The Bertz CT molecular complexity index is 4800. The van der Waals surface area contributed by atoms with Gasteiger partial charge in [-0.3, -0.25) is 48.1 Å². The number of anilines is 1. The van der Waals surface area contributed by atoms with Crippen LogP contribution in [0.2, 0.25) is 0 Å². The monoisotopic (exact) mass is 1650 g/mol. The fourth-order valence-corrected chi connectivity index (χ4v) is 16.0. The van der Waals surface area contributed by atoms with Crippen molar-refractivity contribution in [3.05, 3.63) is 161 Å². The third-order valence-corrected chi connectivity index (χ3v) is 23.2. The highest BCUT2D eigenvalue weighted by molar-refractivity contribution is 7.86. The van der Waals surface area contributed by atoms with Crippen LogP contribution < -0.4 is 54.0 Å². The highest BCUT2D eigenvalue weighted by Crippen LogP contribution is 2.49. The third kappa shape index (κ3) is 27.5. The van der Waals surface area contributed by atoms with Gasteiger partial charge in [0, 0.05) is 106 Å². The van der Waals surface area contributed by atoms with E-state index in [0.717, 1.165) is 83.2 Å². The summed E-state index contributed by atoms with van der Waals surface area (Å²) in [5.74, 6) is -3.48. The number of nitrogens with two attached hydrogens (primary N) is 3. The molecule has 8 rings (SSSR count). The van der Waals surface area contributed by atoms with Gasteiger partial charge in [0.2, 0.25) is 41.1 Å². The first-order chi connectivity index (χ1) is 55.6. The summed E-state index contributed by atoms with van der Waals surface area (Å²) in [4.78, 5) is 120. The van der Waals surface area contributed by atoms with Crippen molar-refractivity contribution in [2.24, 2.45) is 27.2 Å². The summed E-state index contributed by atoms with van der Waals surface area (Å²) in [7, 11) is -9.22. The molecule has 0 saturated carbocycles. The first kappa shape index (κ1) is 91.9. The summed E-state index contributed by atoms with van der Waals surface area (Å²) >= 11 is 0. The van der Waals surface area contributed by atoms with Crippen LogP contribution in [-0.2, 0) is 82.3 Å². The maximum atomic E-state index is 14.9. The van der Waals surface area contributed by atoms with E-state index < -0.39 is 91.3 Å². The lowest BCUT2D eigenvalue weighted by Crippen LogP contribution is -2.58. The molecular weight excluding hydrogens is 1530 g/mol. The van der Waals surface area contributed by atoms with Gasteiger partial charge in [0.1, 0.15) is 58.1 Å². The zero-order chi connectivity index (χ0) is 85.0. The number of Topliss-reactive ketones (excluding diaryl/α,β-unsaturated/α-hetero) is 2. The Morgan fingerprint density at radius 2 is 1.26 bits per heavy atom. The molecule has 29 nitrogen and oxygen atoms in total. The van der Waals surface area contributed by atoms with E-state index in [0.29, 0.717) is 108 Å². The van der Waals surface area contributed by atoms with Crippen LogP contribution in [-0.4, -0.2) is 182 Å². The number of amides is 6. The van der Waals surface area contributed by atoms with Crippen molar-refractivity contribution < 1.29 is 74.0 Å². The number of guanidine groups is 2. The Hall–Kier alpha value is -10.6. The standard InChI is InChI=1S/C86H116N14O15S2/c1-58(101)27-14-12-24-49-99-73-42-40-66(116(110,111)112)55-68(73)85(3,4)75(99)32-16-11-17-33-76-86(5,6)69-56-67(117(113,114)115)41-43-74(69)100(76)50-25-13-15-30-65(103)54-77(104)90-44-20-7-8-21-45-92-84(89)93-46-22-9-10-23-48-98-59(2)79(106)96-70(31-26-47-91-83(87)88)81(108)97-71(53-61-34-37-62-28-18-19-29-63(62)51-61)80(107)94-57-78(105)95-72(82(98)109)52-60-35-38-64(102)39-36-60/h11,16-19,28-29,32-43,51,55-56,59,70-72H,7-10,12-15,20-27,30-31,44-50,52-54,57H2,1-6H3,(H14-,87,88,89,90,91,92,93,94,95,96,97,102,104,105,106,107,108,110,111,112,113,114,115)/t59-,70+,71+,72-/m1/s1. The molecule has 31 heteroatoms. The van der Waals surface area contributed by atoms with Crippen LogP contribution in [0, 0.1) is 0 Å². The van der Waals surface area contributed by atoms with Gasteiger partial charge in [-0.15, -0.1) is 0 Å². The van der Waals surface area contributed by atoms with Gasteiger partial charge in [-0.1, -0.05) is 119 Å². The van der Waals surface area contributed by atoms with E-state index in [1.165, 1.54) is 41.3 Å². The molecule has 0 aromatic heterocycles. The van der Waals surface area contributed by atoms with E-state index in [-0.39, 0.29) is 90.6 Å². The van der Waals surface area contributed by atoms with Gasteiger partial charge in [-0.25, -0.2) is 8.42 Å². The molecular formula is C86H116N14O15S2. The van der Waals surface area contributed by atoms with E-state index in [2.05, 4.69) is 51.4 Å². The molecule has 0 bridgehead atoms. The Morgan fingerprint density at radius 1 is 0.632 bits per heavy atom. The van der Waals surface area contributed by atoms with E-state index in [4.69, 9.17) is 17.2 Å². The molecule has 1 saturated heterocycles. The van der Waals surface area contributed by atoms with Crippen molar-refractivity contribution in [3.8, 4) is 5.75 Å². The minimum Gasteiger partial charge on any atom is -0.744 e. The molecule has 632 valence electrons. The number of aromatic hydroxyl groups is 1. The van der Waals surface area contributed by atoms with Crippen molar-refractivity contribution in [2.45, 2.75) is 221 Å². The fourth-order valence-electron chi connectivity index (χ4n) is 15.0. The van der Waals surface area contributed by atoms with Crippen LogP contribution in [0.4, 0.5) is 11.4 Å². The third-order valence-electron chi connectivity index (χ3n) is 21.5. The summed E-state index contributed by atoms with van der Waals surface area (Å²) < 4.78 is 73.1. The zero-order valence-corrected chi connectivity index (χ0v) is 69.6. The molecule has 0 spiro atoms. The van der Waals surface area contributed by atoms with Crippen molar-refractivity contribution in [1.29, 1.82) is 0 Å². The maximum Gasteiger partial charge on any atom is 0.294 e. The maximum absolute atomic E-state index is 14.9. The Balaban J connectivity index is 0.762. The van der Waals surface area contributed by atoms with Gasteiger partial charge < -0.3 is 73.4 Å². The number of carbonyl (C=O) groups excluding carboxylic acids is 8. The average Bonchev–Trinajstić information content (AvgIpc) is 1.59. The molecule has 3 heterocycles. The van der Waals surface area contributed by atoms with Crippen molar-refractivity contribution >= 4 is 107 Å². The number of nitrogens with zero attached hydrogens (tertiary/aromatic N) is 5. The molecule has 0 unspecified atom stereocenters. The summed E-state index contributed by atoms with van der Waals surface area (Å²) in [6, 6.07) is 23.8. The van der Waals surface area contributed by atoms with Crippen LogP contribution in [0.5, 0.6) is 5.75 Å². The number of benzene rings is 5. The van der Waals surface area contributed by atoms with E-state index in [9.17, 15) is 69.4 Å². The molecule has 0 aliphatic carbocycles. The van der Waals surface area contributed by atoms with Gasteiger partial charge in [0.05, 0.1) is 28.2 Å². The first-order valence-electron chi connectivity index (χ1n) is 40.4. The largest absolute Gasteiger partial charge is 0.744 e. The van der Waals surface area contributed by atoms with Gasteiger partial charge in [-0.05, 0) is 168 Å². The molecule has 5 aromatic rings. The Labute approximate surface area is 686 Å². The normalized spacial score (nSPS) is 18.4. The number of rotatable bonds is 41. The average molecular weight is 1650 g/mol. The SMILES string of the molecule is CC(=O)CCCCCN1/C(=C/C=C/C=C/C2=[N+](CCCCCC(=O)CC(=O)NCCCCCCN=C(N)NCCCCCCN3C(=O)[C@@H](Cc4ccc(O)cc4)NC(=O)CNC(=O)[C@H](Cc4ccc5ccccc5c4)NC(=O)[C@H](CCCN=C(N)N)NC(=O)[C@H]3C)c3ccc(S(=O)(=O)[O-])cc3C2(C)C)C(C)(C)c2cc(S(=O)(=O)O)ccc21. The molecule has 3 aliphatic rings. The number of nitrogens with one attached hydrogen (secondary N) is 6. The molecule has 4 atom stereocenters. The highest BCUT2D eigenvalue weighted by atomic mass is 32.2. The quantitative estimate of drug-likeness (QED) is 0.00335. The van der Waals surface area contributed by atoms with Crippen molar-refractivity contribution in [2.75, 3.05) is 57.3 Å². The van der Waals surface area contributed by atoms with Crippen LogP contribution in [0.1, 0.15) is 186 Å².